The monoisotopic (exact) mass is 216 g/mol. The molecule has 1 aromatic rings. The molecule has 1 atom stereocenters. The molecule has 1 aromatic heterocycles. The van der Waals surface area contributed by atoms with Crippen molar-refractivity contribution in [3.63, 3.8) is 0 Å². The highest BCUT2D eigenvalue weighted by Crippen LogP contribution is 2.13. The highest BCUT2D eigenvalue weighted by Gasteiger charge is 2.16. The van der Waals surface area contributed by atoms with Gasteiger partial charge in [0.15, 0.2) is 5.78 Å². The van der Waals surface area contributed by atoms with Crippen molar-refractivity contribution in [1.82, 2.24) is 9.55 Å². The summed E-state index contributed by atoms with van der Waals surface area (Å²) in [5.41, 5.74) is 0.610. The van der Waals surface area contributed by atoms with Crippen LogP contribution in [0.1, 0.15) is 19.9 Å². The van der Waals surface area contributed by atoms with Gasteiger partial charge in [-0.2, -0.15) is 0 Å². The summed E-state index contributed by atoms with van der Waals surface area (Å²) in [7, 11) is 0. The number of aromatic nitrogens is 2. The van der Waals surface area contributed by atoms with E-state index in [9.17, 15) is 4.79 Å². The molecule has 1 heterocycles. The SMILES string of the molecule is C=C/C(=C\C=C/C)C(=O)C(C)n1ccnc1. The summed E-state index contributed by atoms with van der Waals surface area (Å²) in [6.07, 6.45) is 12.1. The Bertz CT molecular complexity index is 413. The van der Waals surface area contributed by atoms with E-state index in [1.807, 2.05) is 26.0 Å². The molecule has 84 valence electrons. The van der Waals surface area contributed by atoms with Gasteiger partial charge in [-0.3, -0.25) is 4.79 Å². The molecule has 1 rings (SSSR count). The van der Waals surface area contributed by atoms with Gasteiger partial charge in [0.25, 0.3) is 0 Å². The summed E-state index contributed by atoms with van der Waals surface area (Å²) in [6.45, 7) is 7.40. The first-order valence-corrected chi connectivity index (χ1v) is 5.17. The maximum Gasteiger partial charge on any atom is 0.185 e. The molecular formula is C13H16N2O. The molecule has 0 fully saturated rings. The number of rotatable bonds is 5. The summed E-state index contributed by atoms with van der Waals surface area (Å²) in [4.78, 5) is 16.0. The minimum atomic E-state index is -0.253. The zero-order valence-electron chi connectivity index (χ0n) is 9.63. The van der Waals surface area contributed by atoms with Crippen LogP contribution in [0.2, 0.25) is 0 Å². The van der Waals surface area contributed by atoms with Gasteiger partial charge in [-0.05, 0) is 13.8 Å². The Hall–Kier alpha value is -1.90. The highest BCUT2D eigenvalue weighted by atomic mass is 16.1. The maximum absolute atomic E-state index is 12.1. The molecule has 0 aliphatic carbocycles. The predicted molar refractivity (Wildman–Crippen MR) is 65.0 cm³/mol. The zero-order chi connectivity index (χ0) is 12.0. The van der Waals surface area contributed by atoms with Gasteiger partial charge in [-0.1, -0.05) is 30.9 Å². The van der Waals surface area contributed by atoms with Crippen molar-refractivity contribution in [1.29, 1.82) is 0 Å². The second kappa shape index (κ2) is 5.85. The van der Waals surface area contributed by atoms with Crippen molar-refractivity contribution in [2.75, 3.05) is 0 Å². The third kappa shape index (κ3) is 2.79. The molecule has 1 unspecified atom stereocenters. The molecule has 0 aliphatic rings. The fraction of sp³-hybridized carbons (Fsp3) is 0.231. The average molecular weight is 216 g/mol. The minimum Gasteiger partial charge on any atom is -0.327 e. The molecule has 0 spiro atoms. The largest absolute Gasteiger partial charge is 0.327 e. The number of allylic oxidation sites excluding steroid dienone is 5. The minimum absolute atomic E-state index is 0.0334. The van der Waals surface area contributed by atoms with Gasteiger partial charge in [-0.25, -0.2) is 4.98 Å². The number of ketones is 1. The first-order valence-electron chi connectivity index (χ1n) is 5.17. The molecular weight excluding hydrogens is 200 g/mol. The van der Waals surface area contributed by atoms with Crippen LogP contribution in [-0.4, -0.2) is 15.3 Å². The molecule has 3 nitrogen and oxygen atoms in total. The number of Topliss-reactive ketones (excluding diaryl/α,β-unsaturated/α-hetero) is 1. The Morgan fingerprint density at radius 2 is 2.31 bits per heavy atom. The van der Waals surface area contributed by atoms with E-state index in [0.29, 0.717) is 5.57 Å². The van der Waals surface area contributed by atoms with Crippen LogP contribution in [0.3, 0.4) is 0 Å². The second-order valence-electron chi connectivity index (χ2n) is 3.40. The van der Waals surface area contributed by atoms with Crippen molar-refractivity contribution in [2.24, 2.45) is 0 Å². The van der Waals surface area contributed by atoms with E-state index in [4.69, 9.17) is 0 Å². The lowest BCUT2D eigenvalue weighted by atomic mass is 10.1. The lowest BCUT2D eigenvalue weighted by molar-refractivity contribution is -0.117. The molecule has 0 saturated carbocycles. The molecule has 3 heteroatoms. The average Bonchev–Trinajstić information content (AvgIpc) is 2.82. The van der Waals surface area contributed by atoms with E-state index in [2.05, 4.69) is 11.6 Å². The first kappa shape index (κ1) is 12.2. The van der Waals surface area contributed by atoms with Crippen molar-refractivity contribution in [3.8, 4) is 0 Å². The van der Waals surface area contributed by atoms with E-state index < -0.39 is 0 Å². The van der Waals surface area contributed by atoms with Gasteiger partial charge in [0.1, 0.15) is 0 Å². The topological polar surface area (TPSA) is 34.9 Å². The number of hydrogen-bond acceptors (Lipinski definition) is 2. The van der Waals surface area contributed by atoms with Crippen LogP contribution in [0.25, 0.3) is 0 Å². The van der Waals surface area contributed by atoms with E-state index in [1.165, 1.54) is 0 Å². The van der Waals surface area contributed by atoms with Gasteiger partial charge >= 0.3 is 0 Å². The molecule has 0 amide bonds. The summed E-state index contributed by atoms with van der Waals surface area (Å²) >= 11 is 0. The van der Waals surface area contributed by atoms with Gasteiger partial charge in [-0.15, -0.1) is 0 Å². The molecule has 0 radical (unpaired) electrons. The summed E-state index contributed by atoms with van der Waals surface area (Å²) in [5.74, 6) is 0.0334. The summed E-state index contributed by atoms with van der Waals surface area (Å²) < 4.78 is 1.77. The van der Waals surface area contributed by atoms with Gasteiger partial charge < -0.3 is 4.57 Å². The van der Waals surface area contributed by atoms with Crippen LogP contribution in [0.5, 0.6) is 0 Å². The Labute approximate surface area is 95.8 Å². The quantitative estimate of drug-likeness (QED) is 0.560. The smallest absolute Gasteiger partial charge is 0.185 e. The highest BCUT2D eigenvalue weighted by molar-refractivity contribution is 6.00. The van der Waals surface area contributed by atoms with E-state index in [-0.39, 0.29) is 11.8 Å². The van der Waals surface area contributed by atoms with Crippen LogP contribution in [-0.2, 0) is 4.79 Å². The predicted octanol–water partition coefficient (Wildman–Crippen LogP) is 2.70. The normalized spacial score (nSPS) is 14.0. The van der Waals surface area contributed by atoms with Crippen molar-refractivity contribution in [2.45, 2.75) is 19.9 Å². The zero-order valence-corrected chi connectivity index (χ0v) is 9.63. The van der Waals surface area contributed by atoms with Crippen LogP contribution in [0.15, 0.2) is 55.2 Å². The van der Waals surface area contributed by atoms with E-state index in [1.54, 1.807) is 35.4 Å². The Balaban J connectivity index is 2.88. The first-order chi connectivity index (χ1) is 7.70. The third-order valence-electron chi connectivity index (χ3n) is 2.32. The number of carbonyl (C=O) groups is 1. The number of hydrogen-bond donors (Lipinski definition) is 0. The van der Waals surface area contributed by atoms with Gasteiger partial charge in [0, 0.05) is 18.0 Å². The fourth-order valence-electron chi connectivity index (χ4n) is 1.33. The third-order valence-corrected chi connectivity index (χ3v) is 2.32. The van der Waals surface area contributed by atoms with Crippen LogP contribution in [0.4, 0.5) is 0 Å². The van der Waals surface area contributed by atoms with Crippen molar-refractivity contribution >= 4 is 5.78 Å². The van der Waals surface area contributed by atoms with Crippen LogP contribution >= 0.6 is 0 Å². The lowest BCUT2D eigenvalue weighted by Gasteiger charge is -2.11. The molecule has 0 N–H and O–H groups in total. The van der Waals surface area contributed by atoms with E-state index >= 15 is 0 Å². The van der Waals surface area contributed by atoms with Crippen LogP contribution in [0, 0.1) is 0 Å². The standard InChI is InChI=1S/C13H16N2O/c1-4-6-7-12(5-2)13(16)11(3)15-9-8-14-10-15/h4-11H,2H2,1,3H3/b6-4-,12-7+. The van der Waals surface area contributed by atoms with Gasteiger partial charge in [0.2, 0.25) is 0 Å². The number of nitrogens with zero attached hydrogens (tertiary/aromatic N) is 2. The van der Waals surface area contributed by atoms with E-state index in [0.717, 1.165) is 0 Å². The lowest BCUT2D eigenvalue weighted by Crippen LogP contribution is -2.16. The fourth-order valence-corrected chi connectivity index (χ4v) is 1.33. The summed E-state index contributed by atoms with van der Waals surface area (Å²) in [6, 6.07) is -0.253. The Morgan fingerprint density at radius 1 is 1.56 bits per heavy atom. The number of imidazole rings is 1. The van der Waals surface area contributed by atoms with Gasteiger partial charge in [0.05, 0.1) is 12.4 Å². The molecule has 16 heavy (non-hydrogen) atoms. The maximum atomic E-state index is 12.1. The molecule has 0 aromatic carbocycles. The Kier molecular flexibility index (Phi) is 4.45. The second-order valence-corrected chi connectivity index (χ2v) is 3.40. The molecule has 0 bridgehead atoms. The van der Waals surface area contributed by atoms with Crippen molar-refractivity contribution < 1.29 is 4.79 Å². The Morgan fingerprint density at radius 3 is 2.81 bits per heavy atom. The molecule has 0 saturated heterocycles. The summed E-state index contributed by atoms with van der Waals surface area (Å²) in [5, 5.41) is 0. The van der Waals surface area contributed by atoms with Crippen molar-refractivity contribution in [3.05, 3.63) is 55.2 Å². The molecule has 0 aliphatic heterocycles. The van der Waals surface area contributed by atoms with Crippen LogP contribution < -0.4 is 0 Å². The number of carbonyl (C=O) groups excluding carboxylic acids is 1.